The molecule has 3 heterocycles. The van der Waals surface area contributed by atoms with Crippen LogP contribution in [0.2, 0.25) is 0 Å². The van der Waals surface area contributed by atoms with Crippen molar-refractivity contribution in [2.24, 2.45) is 11.8 Å². The average molecular weight is 516 g/mol. The van der Waals surface area contributed by atoms with Crippen LogP contribution in [-0.2, 0) is 5.41 Å². The van der Waals surface area contributed by atoms with E-state index in [0.29, 0.717) is 22.7 Å². The van der Waals surface area contributed by atoms with Crippen molar-refractivity contribution >= 4 is 24.2 Å². The first-order valence-electron chi connectivity index (χ1n) is 15.2. The van der Waals surface area contributed by atoms with E-state index in [-0.39, 0.29) is 11.0 Å². The molecular formula is C34H38BN3O. The van der Waals surface area contributed by atoms with Crippen molar-refractivity contribution in [2.75, 3.05) is 19.6 Å². The van der Waals surface area contributed by atoms with E-state index in [1.165, 1.54) is 94.2 Å². The summed E-state index contributed by atoms with van der Waals surface area (Å²) in [6.45, 7) is 3.60. The van der Waals surface area contributed by atoms with Gasteiger partial charge in [0.2, 0.25) is 0 Å². The Morgan fingerprint density at radius 2 is 1.77 bits per heavy atom. The number of hydrogen-bond donors (Lipinski definition) is 0. The van der Waals surface area contributed by atoms with Gasteiger partial charge in [-0.2, -0.15) is 4.98 Å². The first kappa shape index (κ1) is 25.2. The fourth-order valence-corrected chi connectivity index (χ4v) is 8.34. The normalized spacial score (nSPS) is 24.9. The number of piperidine rings is 1. The van der Waals surface area contributed by atoms with E-state index >= 15 is 0 Å². The van der Waals surface area contributed by atoms with Crippen molar-refractivity contribution in [3.63, 3.8) is 0 Å². The molecule has 1 spiro atoms. The highest BCUT2D eigenvalue weighted by Gasteiger charge is 2.46. The van der Waals surface area contributed by atoms with Crippen LogP contribution < -0.4 is 11.0 Å². The molecule has 4 nitrogen and oxygen atoms in total. The maximum Gasteiger partial charge on any atom is 0.280 e. The van der Waals surface area contributed by atoms with E-state index in [9.17, 15) is 4.79 Å². The molecular weight excluding hydrogens is 477 g/mol. The Hall–Kier alpha value is -2.84. The highest BCUT2D eigenvalue weighted by atomic mass is 16.1. The summed E-state index contributed by atoms with van der Waals surface area (Å²) in [6.07, 6.45) is 18.8. The molecule has 7 rings (SSSR count). The van der Waals surface area contributed by atoms with Gasteiger partial charge < -0.3 is 4.90 Å². The topological polar surface area (TPSA) is 38.1 Å². The number of rotatable bonds is 3. The summed E-state index contributed by atoms with van der Waals surface area (Å²) in [5.74, 6) is 5.82. The minimum atomic E-state index is -0.188. The lowest BCUT2D eigenvalue weighted by Crippen LogP contribution is -2.37. The van der Waals surface area contributed by atoms with Gasteiger partial charge in [-0.25, -0.2) is 0 Å². The fraction of sp³-hybridized carbons (Fsp3) is 0.529. The lowest BCUT2D eigenvalue weighted by molar-refractivity contribution is 0.158. The number of likely N-dealkylation sites (tertiary alicyclic amines) is 1. The van der Waals surface area contributed by atoms with Crippen LogP contribution in [0, 0.1) is 24.2 Å². The SMILES string of the molecule is [B]c1cccc2c1c(=O)nc1n2-c2ccc(C3CCN(CC4CCC(C#C)CC4)CC3)cc2C12CCCCC2. The summed E-state index contributed by atoms with van der Waals surface area (Å²) in [5, 5.41) is 0.546. The highest BCUT2D eigenvalue weighted by molar-refractivity contribution is 6.38. The molecule has 2 aliphatic carbocycles. The average Bonchev–Trinajstić information content (AvgIpc) is 3.22. The summed E-state index contributed by atoms with van der Waals surface area (Å²) in [6, 6.07) is 13.0. The second-order valence-electron chi connectivity index (χ2n) is 12.7. The first-order chi connectivity index (χ1) is 19.1. The van der Waals surface area contributed by atoms with Crippen LogP contribution in [0.5, 0.6) is 0 Å². The predicted molar refractivity (Wildman–Crippen MR) is 159 cm³/mol. The minimum absolute atomic E-state index is 0.167. The number of terminal acetylenes is 1. The minimum Gasteiger partial charge on any atom is -0.303 e. The summed E-state index contributed by atoms with van der Waals surface area (Å²) in [5.41, 5.74) is 5.09. The predicted octanol–water partition coefficient (Wildman–Crippen LogP) is 5.36. The molecule has 0 amide bonds. The van der Waals surface area contributed by atoms with Gasteiger partial charge in [-0.1, -0.05) is 49.0 Å². The molecule has 2 saturated carbocycles. The number of aromatic nitrogens is 2. The summed E-state index contributed by atoms with van der Waals surface area (Å²) >= 11 is 0. The highest BCUT2D eigenvalue weighted by Crippen LogP contribution is 2.52. The summed E-state index contributed by atoms with van der Waals surface area (Å²) < 4.78 is 2.26. The van der Waals surface area contributed by atoms with E-state index in [1.54, 1.807) is 0 Å². The lowest BCUT2D eigenvalue weighted by Gasteiger charge is -2.37. The van der Waals surface area contributed by atoms with Crippen molar-refractivity contribution in [3.8, 4) is 18.0 Å². The molecule has 39 heavy (non-hydrogen) atoms. The number of nitrogens with zero attached hydrogens (tertiary/aromatic N) is 3. The van der Waals surface area contributed by atoms with Crippen molar-refractivity contribution in [2.45, 2.75) is 82.0 Å². The van der Waals surface area contributed by atoms with Crippen LogP contribution in [-0.4, -0.2) is 41.9 Å². The van der Waals surface area contributed by atoms with Crippen LogP contribution in [0.3, 0.4) is 0 Å². The van der Waals surface area contributed by atoms with Gasteiger partial charge in [-0.3, -0.25) is 9.36 Å². The van der Waals surface area contributed by atoms with Crippen molar-refractivity contribution in [3.05, 3.63) is 63.7 Å². The van der Waals surface area contributed by atoms with Crippen LogP contribution in [0.15, 0.2) is 41.2 Å². The monoisotopic (exact) mass is 515 g/mol. The second-order valence-corrected chi connectivity index (χ2v) is 12.7. The van der Waals surface area contributed by atoms with Crippen LogP contribution in [0.1, 0.15) is 93.5 Å². The van der Waals surface area contributed by atoms with Crippen LogP contribution in [0.4, 0.5) is 0 Å². The number of fused-ring (bicyclic) bond motifs is 7. The van der Waals surface area contributed by atoms with Crippen molar-refractivity contribution in [1.82, 2.24) is 14.5 Å². The third-order valence-electron chi connectivity index (χ3n) is 10.5. The molecule has 2 radical (unpaired) electrons. The van der Waals surface area contributed by atoms with Crippen LogP contribution in [0.25, 0.3) is 16.6 Å². The largest absolute Gasteiger partial charge is 0.303 e. The number of benzene rings is 2. The Kier molecular flexibility index (Phi) is 6.43. The van der Waals surface area contributed by atoms with E-state index in [2.05, 4.69) is 33.6 Å². The molecule has 3 fully saturated rings. The molecule has 0 bridgehead atoms. The third kappa shape index (κ3) is 4.18. The molecule has 2 aromatic carbocycles. The van der Waals surface area contributed by atoms with Crippen LogP contribution >= 0.6 is 0 Å². The van der Waals surface area contributed by atoms with E-state index in [0.717, 1.165) is 30.1 Å². The van der Waals surface area contributed by atoms with E-state index in [1.807, 2.05) is 18.2 Å². The third-order valence-corrected chi connectivity index (χ3v) is 10.5. The van der Waals surface area contributed by atoms with Gasteiger partial charge in [0, 0.05) is 12.5 Å². The van der Waals surface area contributed by atoms with Gasteiger partial charge in [0.25, 0.3) is 5.56 Å². The molecule has 4 aliphatic rings. The quantitative estimate of drug-likeness (QED) is 0.348. The van der Waals surface area contributed by atoms with Gasteiger partial charge in [0.05, 0.1) is 22.0 Å². The Morgan fingerprint density at radius 1 is 1.00 bits per heavy atom. The molecule has 0 N–H and O–H groups in total. The molecule has 198 valence electrons. The molecule has 2 aliphatic heterocycles. The maximum atomic E-state index is 13.2. The van der Waals surface area contributed by atoms with Crippen molar-refractivity contribution < 1.29 is 0 Å². The molecule has 3 aromatic rings. The van der Waals surface area contributed by atoms with E-state index in [4.69, 9.17) is 19.3 Å². The number of hydrogen-bond acceptors (Lipinski definition) is 3. The van der Waals surface area contributed by atoms with Gasteiger partial charge >= 0.3 is 0 Å². The molecule has 1 aromatic heterocycles. The Morgan fingerprint density at radius 3 is 2.51 bits per heavy atom. The zero-order chi connectivity index (χ0) is 26.6. The molecule has 5 heteroatoms. The fourth-order valence-electron chi connectivity index (χ4n) is 8.34. The Balaban J connectivity index is 1.18. The Bertz CT molecular complexity index is 1500. The second kappa shape index (κ2) is 9.97. The Labute approximate surface area is 233 Å². The smallest absolute Gasteiger partial charge is 0.280 e. The van der Waals surface area contributed by atoms with E-state index < -0.39 is 0 Å². The first-order valence-corrected chi connectivity index (χ1v) is 15.2. The van der Waals surface area contributed by atoms with Crippen molar-refractivity contribution in [1.29, 1.82) is 0 Å². The lowest BCUT2D eigenvalue weighted by atomic mass is 9.69. The summed E-state index contributed by atoms with van der Waals surface area (Å²) in [7, 11) is 6.28. The summed E-state index contributed by atoms with van der Waals surface area (Å²) in [4.78, 5) is 20.7. The standard InChI is InChI=1S/C34H38BN3O/c1-2-23-9-11-24(12-10-23)22-37-19-15-25(16-20-37)26-13-14-29-27(21-26)34(17-4-3-5-18-34)33-36-32(39)31-28(35)7-6-8-30(31)38(29)33/h1,6-8,13-14,21,23-25H,3-5,9-12,15-20,22H2. The van der Waals surface area contributed by atoms with Gasteiger partial charge in [-0.15, -0.1) is 12.3 Å². The molecule has 1 saturated heterocycles. The maximum absolute atomic E-state index is 13.2. The zero-order valence-electron chi connectivity index (χ0n) is 23.0. The molecule has 0 atom stereocenters. The van der Waals surface area contributed by atoms with Gasteiger partial charge in [0.15, 0.2) is 0 Å². The zero-order valence-corrected chi connectivity index (χ0v) is 23.0. The molecule has 0 unspecified atom stereocenters. The van der Waals surface area contributed by atoms with Gasteiger partial charge in [0.1, 0.15) is 13.7 Å². The van der Waals surface area contributed by atoms with Gasteiger partial charge in [-0.05, 0) is 99.6 Å².